The van der Waals surface area contributed by atoms with Gasteiger partial charge in [0.15, 0.2) is 6.61 Å². The molecule has 1 unspecified atom stereocenters. The largest absolute Gasteiger partial charge is 0.484 e. The minimum Gasteiger partial charge on any atom is -0.484 e. The van der Waals surface area contributed by atoms with E-state index in [-0.39, 0.29) is 31.0 Å². The molecule has 5 nitrogen and oxygen atoms in total. The van der Waals surface area contributed by atoms with E-state index in [0.717, 1.165) is 4.47 Å². The number of carbonyl (C=O) groups excluding carboxylic acids is 2. The van der Waals surface area contributed by atoms with Gasteiger partial charge in [0.05, 0.1) is 0 Å². The molecule has 2 aromatic carbocycles. The number of benzene rings is 2. The Morgan fingerprint density at radius 2 is 1.70 bits per heavy atom. The van der Waals surface area contributed by atoms with Crippen molar-refractivity contribution in [1.82, 2.24) is 10.2 Å². The Morgan fingerprint density at radius 1 is 1.10 bits per heavy atom. The van der Waals surface area contributed by atoms with Crippen molar-refractivity contribution in [2.75, 3.05) is 6.61 Å². The van der Waals surface area contributed by atoms with E-state index in [1.807, 2.05) is 32.9 Å². The van der Waals surface area contributed by atoms with E-state index >= 15 is 0 Å². The van der Waals surface area contributed by atoms with Crippen LogP contribution in [0.3, 0.4) is 0 Å². The van der Waals surface area contributed by atoms with Crippen LogP contribution in [0.4, 0.5) is 0 Å². The van der Waals surface area contributed by atoms with Crippen LogP contribution in [-0.4, -0.2) is 35.4 Å². The third-order valence-corrected chi connectivity index (χ3v) is 5.62. The summed E-state index contributed by atoms with van der Waals surface area (Å²) in [6.07, 6.45) is 0.435. The van der Waals surface area contributed by atoms with Gasteiger partial charge in [0.25, 0.3) is 5.91 Å². The topological polar surface area (TPSA) is 58.6 Å². The van der Waals surface area contributed by atoms with E-state index in [4.69, 9.17) is 27.9 Å². The molecule has 0 saturated heterocycles. The fourth-order valence-electron chi connectivity index (χ4n) is 2.91. The number of ether oxygens (including phenoxy) is 1. The summed E-state index contributed by atoms with van der Waals surface area (Å²) in [7, 11) is 0. The Kier molecular flexibility index (Phi) is 9.46. The van der Waals surface area contributed by atoms with Crippen molar-refractivity contribution in [3.8, 4) is 5.75 Å². The van der Waals surface area contributed by atoms with Gasteiger partial charge in [-0.05, 0) is 56.7 Å². The predicted molar refractivity (Wildman–Crippen MR) is 124 cm³/mol. The molecule has 8 heteroatoms. The van der Waals surface area contributed by atoms with Crippen LogP contribution >= 0.6 is 39.1 Å². The number of hydrogen-bond acceptors (Lipinski definition) is 3. The number of halogens is 3. The lowest BCUT2D eigenvalue weighted by Crippen LogP contribution is -2.51. The molecule has 0 bridgehead atoms. The Hall–Kier alpha value is -1.76. The average molecular weight is 516 g/mol. The standard InChI is InChI=1S/C22H25BrCl2N2O3/c1-4-20(22(29)26-14(2)3)27(12-17-18(24)6-5-7-19(17)25)21(28)13-30-16-10-8-15(23)9-11-16/h5-11,14,20H,4,12-13H2,1-3H3,(H,26,29). The second-order valence-electron chi connectivity index (χ2n) is 7.05. The minimum absolute atomic E-state index is 0.0496. The quantitative estimate of drug-likeness (QED) is 0.482. The van der Waals surface area contributed by atoms with Gasteiger partial charge in [-0.1, -0.05) is 52.1 Å². The molecule has 0 aliphatic rings. The summed E-state index contributed by atoms with van der Waals surface area (Å²) in [6, 6.07) is 11.6. The number of amides is 2. The third-order valence-electron chi connectivity index (χ3n) is 4.38. The second kappa shape index (κ2) is 11.6. The fourth-order valence-corrected chi connectivity index (χ4v) is 3.69. The fraction of sp³-hybridized carbons (Fsp3) is 0.364. The highest BCUT2D eigenvalue weighted by molar-refractivity contribution is 9.10. The van der Waals surface area contributed by atoms with Crippen molar-refractivity contribution >= 4 is 50.9 Å². The molecule has 0 heterocycles. The number of rotatable bonds is 9. The van der Waals surface area contributed by atoms with Crippen LogP contribution in [0.25, 0.3) is 0 Å². The van der Waals surface area contributed by atoms with Crippen LogP contribution in [0.2, 0.25) is 10.0 Å². The molecule has 1 atom stereocenters. The maximum absolute atomic E-state index is 13.1. The van der Waals surface area contributed by atoms with Gasteiger partial charge in [-0.3, -0.25) is 9.59 Å². The average Bonchev–Trinajstić information content (AvgIpc) is 2.68. The smallest absolute Gasteiger partial charge is 0.261 e. The highest BCUT2D eigenvalue weighted by Crippen LogP contribution is 2.27. The van der Waals surface area contributed by atoms with Crippen LogP contribution in [0.1, 0.15) is 32.8 Å². The summed E-state index contributed by atoms with van der Waals surface area (Å²) < 4.78 is 6.56. The summed E-state index contributed by atoms with van der Waals surface area (Å²) in [6.45, 7) is 5.49. The zero-order chi connectivity index (χ0) is 22.3. The number of hydrogen-bond donors (Lipinski definition) is 1. The second-order valence-corrected chi connectivity index (χ2v) is 8.78. The van der Waals surface area contributed by atoms with Crippen LogP contribution < -0.4 is 10.1 Å². The summed E-state index contributed by atoms with van der Waals surface area (Å²) in [5, 5.41) is 3.76. The molecule has 0 aromatic heterocycles. The number of carbonyl (C=O) groups is 2. The van der Waals surface area contributed by atoms with Crippen molar-refractivity contribution in [3.05, 3.63) is 62.5 Å². The minimum atomic E-state index is -0.680. The van der Waals surface area contributed by atoms with Gasteiger partial charge >= 0.3 is 0 Å². The van der Waals surface area contributed by atoms with Crippen molar-refractivity contribution in [1.29, 1.82) is 0 Å². The number of nitrogens with one attached hydrogen (secondary N) is 1. The molecule has 2 amide bonds. The monoisotopic (exact) mass is 514 g/mol. The Bertz CT molecular complexity index is 855. The Labute approximate surface area is 195 Å². The molecule has 30 heavy (non-hydrogen) atoms. The third kappa shape index (κ3) is 6.89. The van der Waals surface area contributed by atoms with E-state index in [1.165, 1.54) is 4.90 Å². The normalized spacial score (nSPS) is 11.8. The maximum Gasteiger partial charge on any atom is 0.261 e. The number of nitrogens with zero attached hydrogens (tertiary/aromatic N) is 1. The molecule has 0 fully saturated rings. The van der Waals surface area contributed by atoms with Gasteiger partial charge in [0, 0.05) is 32.7 Å². The molecule has 162 valence electrons. The van der Waals surface area contributed by atoms with Crippen LogP contribution in [0, 0.1) is 0 Å². The van der Waals surface area contributed by atoms with E-state index < -0.39 is 6.04 Å². The molecule has 0 aliphatic carbocycles. The molecule has 0 saturated carbocycles. The van der Waals surface area contributed by atoms with E-state index in [9.17, 15) is 9.59 Å². The van der Waals surface area contributed by atoms with Crippen molar-refractivity contribution in [3.63, 3.8) is 0 Å². The molecular weight excluding hydrogens is 491 g/mol. The molecule has 2 aromatic rings. The zero-order valence-corrected chi connectivity index (χ0v) is 20.2. The lowest BCUT2D eigenvalue weighted by Gasteiger charge is -2.31. The van der Waals surface area contributed by atoms with Crippen LogP contribution in [-0.2, 0) is 16.1 Å². The highest BCUT2D eigenvalue weighted by Gasteiger charge is 2.30. The van der Waals surface area contributed by atoms with Gasteiger partial charge in [-0.2, -0.15) is 0 Å². The molecule has 0 spiro atoms. The first-order chi connectivity index (χ1) is 14.2. The van der Waals surface area contributed by atoms with Crippen LogP contribution in [0.5, 0.6) is 5.75 Å². The molecule has 2 rings (SSSR count). The van der Waals surface area contributed by atoms with Crippen molar-refractivity contribution in [2.24, 2.45) is 0 Å². The summed E-state index contributed by atoms with van der Waals surface area (Å²) in [5.74, 6) is -0.00529. The first-order valence-corrected chi connectivity index (χ1v) is 11.2. The van der Waals surface area contributed by atoms with Gasteiger partial charge in [0.1, 0.15) is 11.8 Å². The van der Waals surface area contributed by atoms with E-state index in [2.05, 4.69) is 21.2 Å². The highest BCUT2D eigenvalue weighted by atomic mass is 79.9. The first-order valence-electron chi connectivity index (χ1n) is 9.64. The van der Waals surface area contributed by atoms with Crippen LogP contribution in [0.15, 0.2) is 46.9 Å². The summed E-state index contributed by atoms with van der Waals surface area (Å²) in [5.41, 5.74) is 0.591. The van der Waals surface area contributed by atoms with Gasteiger partial charge < -0.3 is 15.0 Å². The summed E-state index contributed by atoms with van der Waals surface area (Å²) >= 11 is 16.0. The summed E-state index contributed by atoms with van der Waals surface area (Å²) in [4.78, 5) is 27.4. The van der Waals surface area contributed by atoms with Gasteiger partial charge in [-0.15, -0.1) is 0 Å². The van der Waals surface area contributed by atoms with E-state index in [0.29, 0.717) is 27.8 Å². The Morgan fingerprint density at radius 3 is 2.23 bits per heavy atom. The molecular formula is C22H25BrCl2N2O3. The maximum atomic E-state index is 13.1. The molecule has 0 aliphatic heterocycles. The van der Waals surface area contributed by atoms with Gasteiger partial charge in [0.2, 0.25) is 5.91 Å². The molecule has 1 N–H and O–H groups in total. The first kappa shape index (κ1) is 24.5. The predicted octanol–water partition coefficient (Wildman–Crippen LogP) is 5.47. The lowest BCUT2D eigenvalue weighted by molar-refractivity contribution is -0.143. The van der Waals surface area contributed by atoms with Crippen molar-refractivity contribution in [2.45, 2.75) is 45.8 Å². The molecule has 0 radical (unpaired) electrons. The SMILES string of the molecule is CCC(C(=O)NC(C)C)N(Cc1c(Cl)cccc1Cl)C(=O)COc1ccc(Br)cc1. The lowest BCUT2D eigenvalue weighted by atomic mass is 10.1. The van der Waals surface area contributed by atoms with Crippen molar-refractivity contribution < 1.29 is 14.3 Å². The van der Waals surface area contributed by atoms with E-state index in [1.54, 1.807) is 30.3 Å². The zero-order valence-electron chi connectivity index (χ0n) is 17.1. The van der Waals surface area contributed by atoms with Gasteiger partial charge in [-0.25, -0.2) is 0 Å². The Balaban J connectivity index is 2.27.